The number of nitrogens with zero attached hydrogens (tertiary/aromatic N) is 1. The van der Waals surface area contributed by atoms with Crippen LogP contribution in [0.3, 0.4) is 0 Å². The maximum atomic E-state index is 13.5. The van der Waals surface area contributed by atoms with Crippen LogP contribution < -0.4 is 9.77 Å². The van der Waals surface area contributed by atoms with Gasteiger partial charge in [-0.3, -0.25) is 14.4 Å². The molecule has 0 saturated carbocycles. The van der Waals surface area contributed by atoms with Gasteiger partial charge < -0.3 is 4.98 Å². The number of hydrogen-bond donors (Lipinski definition) is 1. The molecule has 29 heavy (non-hydrogen) atoms. The molecule has 1 saturated heterocycles. The van der Waals surface area contributed by atoms with E-state index in [1.807, 2.05) is 12.1 Å². The molecule has 146 valence electrons. The van der Waals surface area contributed by atoms with Gasteiger partial charge in [0.2, 0.25) is 11.8 Å². The van der Waals surface area contributed by atoms with Crippen molar-refractivity contribution in [3.63, 3.8) is 0 Å². The Kier molecular flexibility index (Phi) is 4.58. The maximum absolute atomic E-state index is 13.5. The Hall–Kier alpha value is -2.06. The molecule has 1 N–H and O–H groups in total. The quantitative estimate of drug-likeness (QED) is 0.567. The Balaban J connectivity index is 1.64. The molecule has 3 aromatic rings. The first-order chi connectivity index (χ1) is 13.9. The topological polar surface area (TPSA) is 70.2 Å². The predicted molar refractivity (Wildman–Crippen MR) is 115 cm³/mol. The highest BCUT2D eigenvalue weighted by Crippen LogP contribution is 2.53. The summed E-state index contributed by atoms with van der Waals surface area (Å²) in [7, 11) is 0. The zero-order valence-electron chi connectivity index (χ0n) is 14.6. The number of rotatable bonds is 2. The molecule has 0 radical (unpaired) electrons. The second-order valence-corrected chi connectivity index (χ2v) is 9.83. The first-order valence-electron chi connectivity index (χ1n) is 8.72. The van der Waals surface area contributed by atoms with Crippen LogP contribution in [-0.2, 0) is 9.59 Å². The fourth-order valence-electron chi connectivity index (χ4n) is 3.89. The molecule has 3 atom stereocenters. The zero-order valence-corrected chi connectivity index (χ0v) is 17.7. The molecule has 0 bridgehead atoms. The van der Waals surface area contributed by atoms with Crippen LogP contribution in [0.2, 0.25) is 10.0 Å². The molecule has 5 nitrogen and oxygen atoms in total. The molecule has 2 aliphatic rings. The van der Waals surface area contributed by atoms with Gasteiger partial charge in [0.1, 0.15) is 5.25 Å². The lowest BCUT2D eigenvalue weighted by Gasteiger charge is -2.29. The first kappa shape index (κ1) is 18.9. The number of carbonyl (C=O) groups is 2. The number of H-pyrrole nitrogens is 1. The van der Waals surface area contributed by atoms with Crippen molar-refractivity contribution in [1.29, 1.82) is 0 Å². The van der Waals surface area contributed by atoms with E-state index in [2.05, 4.69) is 4.98 Å². The normalized spacial score (nSPS) is 23.2. The lowest BCUT2D eigenvalue weighted by Crippen LogP contribution is -2.32. The number of amides is 2. The van der Waals surface area contributed by atoms with Crippen molar-refractivity contribution >= 4 is 63.8 Å². The zero-order chi connectivity index (χ0) is 20.3. The van der Waals surface area contributed by atoms with Gasteiger partial charge in [0.15, 0.2) is 0 Å². The van der Waals surface area contributed by atoms with Crippen molar-refractivity contribution in [3.8, 4) is 0 Å². The first-order valence-corrected chi connectivity index (χ1v) is 11.2. The number of fused-ring (bicyclic) bond motifs is 2. The van der Waals surface area contributed by atoms with Crippen LogP contribution >= 0.6 is 46.3 Å². The van der Waals surface area contributed by atoms with Crippen molar-refractivity contribution in [2.24, 2.45) is 5.92 Å². The molecule has 1 fully saturated rings. The molecule has 2 amide bonds. The van der Waals surface area contributed by atoms with Crippen LogP contribution in [0.1, 0.15) is 16.4 Å². The highest BCUT2D eigenvalue weighted by molar-refractivity contribution is 8.00. The van der Waals surface area contributed by atoms with Crippen LogP contribution in [-0.4, -0.2) is 22.0 Å². The minimum atomic E-state index is -0.614. The number of hydrogen-bond acceptors (Lipinski definition) is 5. The number of carbonyl (C=O) groups excluding carboxylic acids is 2. The van der Waals surface area contributed by atoms with Crippen molar-refractivity contribution in [3.05, 3.63) is 78.7 Å². The number of thiazole rings is 1. The summed E-state index contributed by atoms with van der Waals surface area (Å²) >= 11 is 14.3. The summed E-state index contributed by atoms with van der Waals surface area (Å²) in [6.07, 6.45) is 0. The van der Waals surface area contributed by atoms with Gasteiger partial charge in [-0.15, -0.1) is 0 Å². The van der Waals surface area contributed by atoms with E-state index in [9.17, 15) is 14.4 Å². The second kappa shape index (κ2) is 7.02. The van der Waals surface area contributed by atoms with Gasteiger partial charge in [0.25, 0.3) is 0 Å². The smallest absolute Gasteiger partial charge is 0.305 e. The number of imide groups is 1. The standard InChI is InChI=1S/C20H12Cl2N2O3S2/c21-10-3-1-9(2-4-10)13-14-16(28-17-15(13)29-20(27)23-17)19(26)24(18(14)25)12-7-5-11(22)6-8-12/h1-8,13-14,16H,(H,23,27). The van der Waals surface area contributed by atoms with Crippen LogP contribution in [0.15, 0.2) is 58.4 Å². The Bertz CT molecular complexity index is 1190. The molecule has 9 heteroatoms. The lowest BCUT2D eigenvalue weighted by atomic mass is 9.83. The molecule has 2 aromatic carbocycles. The Morgan fingerprint density at radius 1 is 0.862 bits per heavy atom. The van der Waals surface area contributed by atoms with E-state index in [0.29, 0.717) is 20.8 Å². The molecule has 3 heterocycles. The molecule has 0 aliphatic carbocycles. The highest BCUT2D eigenvalue weighted by Gasteiger charge is 2.56. The van der Waals surface area contributed by atoms with Crippen molar-refractivity contribution in [2.45, 2.75) is 16.2 Å². The lowest BCUT2D eigenvalue weighted by molar-refractivity contribution is -0.122. The fourth-order valence-corrected chi connectivity index (χ4v) is 6.66. The summed E-state index contributed by atoms with van der Waals surface area (Å²) in [4.78, 5) is 43.3. The van der Waals surface area contributed by atoms with Gasteiger partial charge in [-0.1, -0.05) is 58.4 Å². The summed E-state index contributed by atoms with van der Waals surface area (Å²) in [6.45, 7) is 0. The van der Waals surface area contributed by atoms with Crippen LogP contribution in [0, 0.1) is 5.92 Å². The van der Waals surface area contributed by atoms with Crippen molar-refractivity contribution < 1.29 is 9.59 Å². The molecule has 3 unspecified atom stereocenters. The van der Waals surface area contributed by atoms with Crippen LogP contribution in [0.4, 0.5) is 5.69 Å². The number of anilines is 1. The van der Waals surface area contributed by atoms with Gasteiger partial charge in [-0.05, 0) is 42.0 Å². The minimum absolute atomic E-state index is 0.198. The Morgan fingerprint density at radius 2 is 1.48 bits per heavy atom. The van der Waals surface area contributed by atoms with E-state index >= 15 is 0 Å². The Morgan fingerprint density at radius 3 is 2.14 bits per heavy atom. The van der Waals surface area contributed by atoms with Crippen LogP contribution in [0.25, 0.3) is 0 Å². The highest BCUT2D eigenvalue weighted by atomic mass is 35.5. The maximum Gasteiger partial charge on any atom is 0.305 e. The summed E-state index contributed by atoms with van der Waals surface area (Å²) in [5, 5.41) is 1.14. The molecule has 2 aliphatic heterocycles. The fraction of sp³-hybridized carbons (Fsp3) is 0.150. The van der Waals surface area contributed by atoms with Crippen molar-refractivity contribution in [1.82, 2.24) is 4.98 Å². The van der Waals surface area contributed by atoms with E-state index in [4.69, 9.17) is 23.2 Å². The van der Waals surface area contributed by atoms with Crippen LogP contribution in [0.5, 0.6) is 0 Å². The average Bonchev–Trinajstić information content (AvgIpc) is 3.19. The summed E-state index contributed by atoms with van der Waals surface area (Å²) < 4.78 is 0. The number of nitrogens with one attached hydrogen (secondary N) is 1. The minimum Gasteiger partial charge on any atom is -0.307 e. The largest absolute Gasteiger partial charge is 0.307 e. The van der Waals surface area contributed by atoms with E-state index in [1.54, 1.807) is 36.4 Å². The monoisotopic (exact) mass is 462 g/mol. The molecule has 5 rings (SSSR count). The van der Waals surface area contributed by atoms with E-state index < -0.39 is 17.1 Å². The third-order valence-electron chi connectivity index (χ3n) is 5.14. The van der Waals surface area contributed by atoms with Crippen molar-refractivity contribution in [2.75, 3.05) is 4.90 Å². The second-order valence-electron chi connectivity index (χ2n) is 6.79. The van der Waals surface area contributed by atoms with Gasteiger partial charge in [-0.25, -0.2) is 4.90 Å². The Labute approximate surface area is 183 Å². The third-order valence-corrected chi connectivity index (χ3v) is 8.04. The predicted octanol–water partition coefficient (Wildman–Crippen LogP) is 4.54. The van der Waals surface area contributed by atoms with Gasteiger partial charge in [-0.2, -0.15) is 0 Å². The van der Waals surface area contributed by atoms with Gasteiger partial charge in [0.05, 0.1) is 16.6 Å². The molecule has 0 spiro atoms. The molecule has 1 aromatic heterocycles. The number of thioether (sulfide) groups is 1. The van der Waals surface area contributed by atoms with Gasteiger partial charge >= 0.3 is 4.87 Å². The van der Waals surface area contributed by atoms with E-state index in [1.165, 1.54) is 16.7 Å². The molecular formula is C20H12Cl2N2O3S2. The summed E-state index contributed by atoms with van der Waals surface area (Å²) in [5.74, 6) is -1.57. The third kappa shape index (κ3) is 3.04. The summed E-state index contributed by atoms with van der Waals surface area (Å²) in [6, 6.07) is 13.8. The van der Waals surface area contributed by atoms with Gasteiger partial charge in [0, 0.05) is 20.8 Å². The average molecular weight is 463 g/mol. The molecular weight excluding hydrogens is 451 g/mol. The van der Waals surface area contributed by atoms with E-state index in [0.717, 1.165) is 21.8 Å². The number of halogens is 2. The van der Waals surface area contributed by atoms with E-state index in [-0.39, 0.29) is 16.7 Å². The SMILES string of the molecule is O=C1C2Sc3[nH]c(=O)sc3C(c3ccc(Cl)cc3)C2C(=O)N1c1ccc(Cl)cc1. The summed E-state index contributed by atoms with van der Waals surface area (Å²) in [5.41, 5.74) is 1.34. The number of benzene rings is 2. The number of aromatic nitrogens is 1. The number of aromatic amines is 1.